The molecule has 1 fully saturated rings. The Morgan fingerprint density at radius 3 is 1.62 bits per heavy atom. The van der Waals surface area contributed by atoms with E-state index >= 15 is 0 Å². The van der Waals surface area contributed by atoms with Gasteiger partial charge < -0.3 is 28.4 Å². The molecule has 10 heteroatoms. The molecule has 1 saturated heterocycles. The van der Waals surface area contributed by atoms with Crippen molar-refractivity contribution in [1.82, 2.24) is 0 Å². The van der Waals surface area contributed by atoms with Crippen LogP contribution in [0, 0.1) is 0 Å². The van der Waals surface area contributed by atoms with Crippen molar-refractivity contribution in [2.45, 2.75) is 51.5 Å². The van der Waals surface area contributed by atoms with Crippen LogP contribution >= 0.6 is 0 Å². The maximum absolute atomic E-state index is 11.9. The van der Waals surface area contributed by atoms with Gasteiger partial charge in [-0.25, -0.2) is 4.79 Å². The fourth-order valence-electron chi connectivity index (χ4n) is 2.27. The Kier molecular flexibility index (Phi) is 7.11. The SMILES string of the molecule is COC(=O)C1O[C@@H](OC)C(OC(C)=O)[C@@H](OC(C)=O)[C@@H]1OC(C)=O. The van der Waals surface area contributed by atoms with Gasteiger partial charge >= 0.3 is 23.9 Å². The van der Waals surface area contributed by atoms with Crippen molar-refractivity contribution in [1.29, 1.82) is 0 Å². The van der Waals surface area contributed by atoms with Crippen molar-refractivity contribution >= 4 is 23.9 Å². The summed E-state index contributed by atoms with van der Waals surface area (Å²) in [5.74, 6) is -3.08. The third-order valence-corrected chi connectivity index (χ3v) is 3.07. The standard InChI is InChI=1S/C14H20O10/c1-6(15)21-9-10(22-7(2)16)12(23-8(3)17)14(20-5)24-11(9)13(18)19-4/h9-12,14H,1-5H3/t9-,10-,11?,12?,14+/m0/s1. The van der Waals surface area contributed by atoms with Gasteiger partial charge in [-0.3, -0.25) is 14.4 Å². The highest BCUT2D eigenvalue weighted by Gasteiger charge is 2.54. The van der Waals surface area contributed by atoms with Crippen molar-refractivity contribution in [3.63, 3.8) is 0 Å². The molecule has 0 spiro atoms. The van der Waals surface area contributed by atoms with E-state index in [2.05, 4.69) is 4.74 Å². The Labute approximate surface area is 138 Å². The summed E-state index contributed by atoms with van der Waals surface area (Å²) in [6.07, 6.45) is -6.62. The predicted octanol–water partition coefficient (Wildman–Crippen LogP) is -0.674. The van der Waals surface area contributed by atoms with E-state index in [-0.39, 0.29) is 0 Å². The van der Waals surface area contributed by atoms with Crippen LogP contribution in [0.2, 0.25) is 0 Å². The summed E-state index contributed by atoms with van der Waals surface area (Å²) in [6.45, 7) is 3.34. The third-order valence-electron chi connectivity index (χ3n) is 3.07. The lowest BCUT2D eigenvalue weighted by Crippen LogP contribution is -2.63. The van der Waals surface area contributed by atoms with Gasteiger partial charge in [0, 0.05) is 27.9 Å². The first kappa shape index (κ1) is 19.8. The molecule has 136 valence electrons. The number of ether oxygens (including phenoxy) is 6. The van der Waals surface area contributed by atoms with E-state index in [1.807, 2.05) is 0 Å². The second-order valence-electron chi connectivity index (χ2n) is 4.91. The average molecular weight is 348 g/mol. The number of esters is 4. The minimum absolute atomic E-state index is 0.708. The smallest absolute Gasteiger partial charge is 0.339 e. The van der Waals surface area contributed by atoms with Crippen molar-refractivity contribution < 1.29 is 47.6 Å². The van der Waals surface area contributed by atoms with E-state index in [0.29, 0.717) is 0 Å². The second-order valence-corrected chi connectivity index (χ2v) is 4.91. The Morgan fingerprint density at radius 1 is 0.750 bits per heavy atom. The van der Waals surface area contributed by atoms with Gasteiger partial charge in [-0.1, -0.05) is 0 Å². The van der Waals surface area contributed by atoms with Gasteiger partial charge in [-0.05, 0) is 0 Å². The number of carbonyl (C=O) groups is 4. The predicted molar refractivity (Wildman–Crippen MR) is 74.3 cm³/mol. The molecule has 1 aliphatic rings. The van der Waals surface area contributed by atoms with Gasteiger partial charge in [0.25, 0.3) is 0 Å². The number of carbonyl (C=O) groups excluding carboxylic acids is 4. The van der Waals surface area contributed by atoms with E-state index in [4.69, 9.17) is 23.7 Å². The Morgan fingerprint density at radius 2 is 1.21 bits per heavy atom. The monoisotopic (exact) mass is 348 g/mol. The van der Waals surface area contributed by atoms with Gasteiger partial charge in [0.05, 0.1) is 7.11 Å². The molecule has 10 nitrogen and oxygen atoms in total. The minimum atomic E-state index is -1.43. The molecule has 5 atom stereocenters. The maximum atomic E-state index is 11.9. The summed E-state index contributed by atoms with van der Waals surface area (Å²) in [6, 6.07) is 0. The first-order valence-electron chi connectivity index (χ1n) is 6.99. The Hall–Kier alpha value is -2.20. The van der Waals surface area contributed by atoms with Crippen molar-refractivity contribution in [3.05, 3.63) is 0 Å². The molecule has 0 bridgehead atoms. The summed E-state index contributed by atoms with van der Waals surface area (Å²) in [7, 11) is 2.35. The Bertz CT molecular complexity index is 502. The van der Waals surface area contributed by atoms with Crippen LogP contribution in [-0.4, -0.2) is 68.8 Å². The van der Waals surface area contributed by atoms with Crippen LogP contribution in [0.5, 0.6) is 0 Å². The molecule has 0 radical (unpaired) electrons. The summed E-state index contributed by atoms with van der Waals surface area (Å²) in [4.78, 5) is 46.1. The van der Waals surface area contributed by atoms with Gasteiger partial charge in [0.1, 0.15) is 0 Å². The molecule has 0 amide bonds. The summed E-state index contributed by atoms with van der Waals surface area (Å²) in [5, 5.41) is 0. The largest absolute Gasteiger partial charge is 0.467 e. The molecule has 0 saturated carbocycles. The number of hydrogen-bond acceptors (Lipinski definition) is 10. The molecule has 0 aromatic rings. The lowest BCUT2D eigenvalue weighted by atomic mass is 9.97. The zero-order chi connectivity index (χ0) is 18.4. The minimum Gasteiger partial charge on any atom is -0.467 e. The number of methoxy groups -OCH3 is 2. The van der Waals surface area contributed by atoms with E-state index in [1.165, 1.54) is 7.11 Å². The maximum Gasteiger partial charge on any atom is 0.339 e. The molecule has 0 aromatic heterocycles. The molecule has 24 heavy (non-hydrogen) atoms. The highest BCUT2D eigenvalue weighted by Crippen LogP contribution is 2.29. The molecule has 2 unspecified atom stereocenters. The van der Waals surface area contributed by atoms with E-state index in [1.54, 1.807) is 0 Å². The van der Waals surface area contributed by atoms with Crippen molar-refractivity contribution in [2.75, 3.05) is 14.2 Å². The first-order chi connectivity index (χ1) is 11.2. The van der Waals surface area contributed by atoms with Crippen LogP contribution in [0.4, 0.5) is 0 Å². The van der Waals surface area contributed by atoms with Crippen molar-refractivity contribution in [2.24, 2.45) is 0 Å². The number of hydrogen-bond donors (Lipinski definition) is 0. The molecule has 0 aliphatic carbocycles. The van der Waals surface area contributed by atoms with Gasteiger partial charge in [-0.2, -0.15) is 0 Å². The summed E-state index contributed by atoms with van der Waals surface area (Å²) >= 11 is 0. The van der Waals surface area contributed by atoms with E-state index in [0.717, 1.165) is 27.9 Å². The molecular weight excluding hydrogens is 328 g/mol. The molecule has 1 rings (SSSR count). The quantitative estimate of drug-likeness (QED) is 0.466. The van der Waals surface area contributed by atoms with Gasteiger partial charge in [0.2, 0.25) is 0 Å². The van der Waals surface area contributed by atoms with Crippen molar-refractivity contribution in [3.8, 4) is 0 Å². The van der Waals surface area contributed by atoms with Crippen LogP contribution in [0.25, 0.3) is 0 Å². The lowest BCUT2D eigenvalue weighted by Gasteiger charge is -2.42. The van der Waals surface area contributed by atoms with Crippen LogP contribution in [-0.2, 0) is 47.6 Å². The molecule has 0 N–H and O–H groups in total. The second kappa shape index (κ2) is 8.60. The van der Waals surface area contributed by atoms with E-state index in [9.17, 15) is 19.2 Å². The average Bonchev–Trinajstić information content (AvgIpc) is 2.48. The van der Waals surface area contributed by atoms with Gasteiger partial charge in [0.15, 0.2) is 30.7 Å². The number of rotatable bonds is 5. The molecular formula is C14H20O10. The first-order valence-corrected chi connectivity index (χ1v) is 6.99. The summed E-state index contributed by atoms with van der Waals surface area (Å²) < 4.78 is 30.3. The molecule has 1 aliphatic heterocycles. The van der Waals surface area contributed by atoms with Crippen LogP contribution in [0.3, 0.4) is 0 Å². The van der Waals surface area contributed by atoms with Crippen LogP contribution in [0.1, 0.15) is 20.8 Å². The third kappa shape index (κ3) is 4.90. The topological polar surface area (TPSA) is 124 Å². The zero-order valence-electron chi connectivity index (χ0n) is 14.0. The van der Waals surface area contributed by atoms with Crippen LogP contribution in [0.15, 0.2) is 0 Å². The van der Waals surface area contributed by atoms with Gasteiger partial charge in [-0.15, -0.1) is 0 Å². The highest BCUT2D eigenvalue weighted by atomic mass is 16.7. The normalized spacial score (nSPS) is 29.3. The molecule has 1 heterocycles. The highest BCUT2D eigenvalue weighted by molar-refractivity contribution is 5.77. The van der Waals surface area contributed by atoms with Crippen LogP contribution < -0.4 is 0 Å². The Balaban J connectivity index is 3.28. The lowest BCUT2D eigenvalue weighted by molar-refractivity contribution is -0.296. The molecule has 0 aromatic carbocycles. The summed E-state index contributed by atoms with van der Waals surface area (Å²) in [5.41, 5.74) is 0. The fourth-order valence-corrected chi connectivity index (χ4v) is 2.27. The van der Waals surface area contributed by atoms with E-state index < -0.39 is 54.6 Å². The fraction of sp³-hybridized carbons (Fsp3) is 0.714. The zero-order valence-corrected chi connectivity index (χ0v) is 14.0.